The Hall–Kier alpha value is 0.648. The van der Waals surface area contributed by atoms with E-state index in [9.17, 15) is 0 Å². The van der Waals surface area contributed by atoms with Crippen LogP contribution >= 0.6 is 0 Å². The Kier molecular flexibility index (Phi) is 21.5. The van der Waals surface area contributed by atoms with E-state index in [1.807, 2.05) is 45.9 Å². The van der Waals surface area contributed by atoms with Gasteiger partial charge in [0.2, 0.25) is 0 Å². The summed E-state index contributed by atoms with van der Waals surface area (Å²) < 4.78 is 0. The third kappa shape index (κ3) is 10.1. The summed E-state index contributed by atoms with van der Waals surface area (Å²) in [5.41, 5.74) is 3.54. The zero-order valence-electron chi connectivity index (χ0n) is 14.3. The van der Waals surface area contributed by atoms with Crippen LogP contribution in [0.5, 0.6) is 0 Å². The van der Waals surface area contributed by atoms with Gasteiger partial charge in [-0.15, -0.1) is 11.6 Å². The SMILES string of the molecule is CC.CC.CC(C)c1c[c-]c(-c2[c-]cccc2)cc1.[Y].[Y]. The van der Waals surface area contributed by atoms with E-state index in [-0.39, 0.29) is 65.4 Å². The minimum Gasteiger partial charge on any atom is -0.226 e. The van der Waals surface area contributed by atoms with Crippen LogP contribution in [0.15, 0.2) is 42.5 Å². The zero-order chi connectivity index (χ0) is 14.7. The summed E-state index contributed by atoms with van der Waals surface area (Å²) in [6, 6.07) is 20.8. The molecule has 21 heavy (non-hydrogen) atoms. The van der Waals surface area contributed by atoms with Crippen LogP contribution in [-0.4, -0.2) is 0 Å². The summed E-state index contributed by atoms with van der Waals surface area (Å²) in [7, 11) is 0. The number of hydrogen-bond acceptors (Lipinski definition) is 0. The predicted octanol–water partition coefficient (Wildman–Crippen LogP) is 6.12. The quantitative estimate of drug-likeness (QED) is 0.502. The minimum absolute atomic E-state index is 0. The summed E-state index contributed by atoms with van der Waals surface area (Å²) in [5.74, 6) is 0.565. The van der Waals surface area contributed by atoms with Crippen LogP contribution in [0.2, 0.25) is 0 Å². The first kappa shape index (κ1) is 26.5. The van der Waals surface area contributed by atoms with Crippen molar-refractivity contribution in [1.82, 2.24) is 0 Å². The van der Waals surface area contributed by atoms with Gasteiger partial charge in [0.25, 0.3) is 0 Å². The largest absolute Gasteiger partial charge is 0.226 e. The molecule has 2 heteroatoms. The molecular weight excluding hydrogens is 406 g/mol. The molecule has 2 aromatic carbocycles. The van der Waals surface area contributed by atoms with Gasteiger partial charge >= 0.3 is 0 Å². The van der Waals surface area contributed by atoms with Gasteiger partial charge < -0.3 is 0 Å². The van der Waals surface area contributed by atoms with E-state index in [4.69, 9.17) is 0 Å². The molecule has 2 rings (SSSR count). The molecule has 0 saturated heterocycles. The van der Waals surface area contributed by atoms with Crippen LogP contribution < -0.4 is 0 Å². The fraction of sp³-hybridized carbons (Fsp3) is 0.368. The first-order valence-electron chi connectivity index (χ1n) is 7.26. The topological polar surface area (TPSA) is 0 Å². The molecule has 0 aliphatic carbocycles. The van der Waals surface area contributed by atoms with E-state index in [2.05, 4.69) is 50.2 Å². The van der Waals surface area contributed by atoms with E-state index in [0.717, 1.165) is 11.1 Å². The molecule has 0 saturated carbocycles. The molecule has 0 spiro atoms. The van der Waals surface area contributed by atoms with Gasteiger partial charge in [-0.25, -0.2) is 11.1 Å². The van der Waals surface area contributed by atoms with E-state index >= 15 is 0 Å². The molecule has 0 amide bonds. The Bertz CT molecular complexity index is 419. The van der Waals surface area contributed by atoms with Gasteiger partial charge in [-0.3, -0.25) is 0 Å². The van der Waals surface area contributed by atoms with Crippen LogP contribution in [-0.2, 0) is 65.4 Å². The van der Waals surface area contributed by atoms with Crippen LogP contribution in [0.4, 0.5) is 0 Å². The Balaban J connectivity index is -0.000000499. The first-order chi connectivity index (χ1) is 9.27. The van der Waals surface area contributed by atoms with E-state index in [1.165, 1.54) is 5.56 Å². The average Bonchev–Trinajstić information content (AvgIpc) is 2.52. The molecule has 0 aliphatic rings. The Labute approximate surface area is 182 Å². The van der Waals surface area contributed by atoms with Crippen molar-refractivity contribution in [2.75, 3.05) is 0 Å². The fourth-order valence-corrected chi connectivity index (χ4v) is 1.52. The van der Waals surface area contributed by atoms with Gasteiger partial charge in [0.15, 0.2) is 0 Å². The summed E-state index contributed by atoms with van der Waals surface area (Å²) in [4.78, 5) is 0. The van der Waals surface area contributed by atoms with E-state index in [1.54, 1.807) is 0 Å². The second-order valence-electron chi connectivity index (χ2n) is 3.97. The maximum Gasteiger partial charge on any atom is 0 e. The van der Waals surface area contributed by atoms with Crippen molar-refractivity contribution in [2.45, 2.75) is 47.5 Å². The van der Waals surface area contributed by atoms with Crippen LogP contribution in [0.25, 0.3) is 11.1 Å². The molecule has 0 aromatic heterocycles. The molecule has 2 radical (unpaired) electrons. The van der Waals surface area contributed by atoms with Crippen molar-refractivity contribution >= 4 is 0 Å². The van der Waals surface area contributed by atoms with Crippen molar-refractivity contribution in [2.24, 2.45) is 0 Å². The molecule has 0 aliphatic heterocycles. The number of benzene rings is 2. The smallest absolute Gasteiger partial charge is 0 e. The third-order valence-electron chi connectivity index (χ3n) is 2.50. The van der Waals surface area contributed by atoms with Crippen molar-refractivity contribution in [3.8, 4) is 11.1 Å². The maximum atomic E-state index is 3.30. The number of rotatable bonds is 2. The first-order valence-corrected chi connectivity index (χ1v) is 7.26. The average molecular weight is 432 g/mol. The second-order valence-corrected chi connectivity index (χ2v) is 3.97. The minimum atomic E-state index is 0. The summed E-state index contributed by atoms with van der Waals surface area (Å²) in [5, 5.41) is 0. The normalized spacial score (nSPS) is 8.14. The van der Waals surface area contributed by atoms with Crippen LogP contribution in [0.1, 0.15) is 53.0 Å². The molecule has 0 unspecified atom stereocenters. The number of hydrogen-bond donors (Lipinski definition) is 0. The molecule has 0 atom stereocenters. The molecule has 110 valence electrons. The summed E-state index contributed by atoms with van der Waals surface area (Å²) in [6.07, 6.45) is 0. The Morgan fingerprint density at radius 3 is 1.71 bits per heavy atom. The third-order valence-corrected chi connectivity index (χ3v) is 2.50. The van der Waals surface area contributed by atoms with Gasteiger partial charge in [0.1, 0.15) is 0 Å². The van der Waals surface area contributed by atoms with Crippen molar-refractivity contribution in [3.63, 3.8) is 0 Å². The van der Waals surface area contributed by atoms with Crippen molar-refractivity contribution in [1.29, 1.82) is 0 Å². The molecule has 0 nitrogen and oxygen atoms in total. The van der Waals surface area contributed by atoms with E-state index < -0.39 is 0 Å². The summed E-state index contributed by atoms with van der Waals surface area (Å²) in [6.45, 7) is 12.4. The summed E-state index contributed by atoms with van der Waals surface area (Å²) >= 11 is 0. The Morgan fingerprint density at radius 1 is 0.762 bits per heavy atom. The fourth-order valence-electron chi connectivity index (χ4n) is 1.52. The second kappa shape index (κ2) is 17.0. The van der Waals surface area contributed by atoms with E-state index in [0.29, 0.717) is 5.92 Å². The molecule has 0 bridgehead atoms. The van der Waals surface area contributed by atoms with Crippen molar-refractivity contribution < 1.29 is 65.4 Å². The van der Waals surface area contributed by atoms with Crippen molar-refractivity contribution in [3.05, 3.63) is 60.2 Å². The van der Waals surface area contributed by atoms with Gasteiger partial charge in [0, 0.05) is 65.4 Å². The molecular formula is C19H26Y2-2. The molecule has 2 aromatic rings. The molecule has 0 heterocycles. The monoisotopic (exact) mass is 432 g/mol. The Morgan fingerprint density at radius 2 is 1.33 bits per heavy atom. The zero-order valence-corrected chi connectivity index (χ0v) is 20.0. The van der Waals surface area contributed by atoms with Gasteiger partial charge in [-0.2, -0.15) is 48.5 Å². The maximum absolute atomic E-state index is 3.30. The van der Waals surface area contributed by atoms with Crippen LogP contribution in [0.3, 0.4) is 0 Å². The van der Waals surface area contributed by atoms with Crippen LogP contribution in [0, 0.1) is 12.1 Å². The predicted molar refractivity (Wildman–Crippen MR) is 86.3 cm³/mol. The standard InChI is InChI=1S/C15H14.2C2H6.2Y/c1-12(2)13-8-10-15(11-9-13)14-6-4-3-5-7-14;2*1-2;;/h3-6,8-10,12H,1-2H3;2*1-2H3;;/q-2;;;;. The molecule has 0 fully saturated rings. The molecule has 0 N–H and O–H groups in total. The van der Waals surface area contributed by atoms with Gasteiger partial charge in [-0.1, -0.05) is 47.5 Å². The van der Waals surface area contributed by atoms with Gasteiger partial charge in [0.05, 0.1) is 0 Å². The van der Waals surface area contributed by atoms with Gasteiger partial charge in [-0.05, 0) is 0 Å².